The molecule has 1 aromatic carbocycles. The molecule has 30 heavy (non-hydrogen) atoms. The molecule has 6 nitrogen and oxygen atoms in total. The zero-order chi connectivity index (χ0) is 21.0. The standard InChI is InChI=1S/C21H20ClF2N3O3/c22-15-6-14(8-26-9-15)13-2-3-17-16(7-13)20(21(23,24)11-27-18(25)30-20)10-19(29-17)4-1-5-28-12-19/h2-3,6-9H,1,4-5,10-12H2,(H2,25,27)/t19-,20-/m1/s1. The molecule has 158 valence electrons. The van der Waals surface area contributed by atoms with Gasteiger partial charge >= 0.3 is 5.92 Å². The molecule has 0 radical (unpaired) electrons. The zero-order valence-electron chi connectivity index (χ0n) is 16.0. The SMILES string of the molecule is NC1=NCC(F)(F)[C@]2(C[C@@]3(CCCOC3)Oc3ccc(-c4cncc(Cl)c4)cc32)O1. The van der Waals surface area contributed by atoms with Gasteiger partial charge in [-0.05, 0) is 36.6 Å². The highest BCUT2D eigenvalue weighted by Gasteiger charge is 2.66. The van der Waals surface area contributed by atoms with Gasteiger partial charge in [0.05, 0.1) is 11.6 Å². The normalized spacial score (nSPS) is 29.6. The Morgan fingerprint density at radius 2 is 1.97 bits per heavy atom. The molecule has 2 N–H and O–H groups in total. The first-order chi connectivity index (χ1) is 14.3. The summed E-state index contributed by atoms with van der Waals surface area (Å²) < 4.78 is 48.6. The first-order valence-corrected chi connectivity index (χ1v) is 10.1. The van der Waals surface area contributed by atoms with E-state index in [1.165, 1.54) is 6.20 Å². The molecule has 3 aliphatic rings. The number of amidine groups is 1. The lowest BCUT2D eigenvalue weighted by Gasteiger charge is -2.52. The van der Waals surface area contributed by atoms with Crippen LogP contribution in [-0.4, -0.2) is 42.3 Å². The van der Waals surface area contributed by atoms with Gasteiger partial charge in [0, 0.05) is 36.5 Å². The van der Waals surface area contributed by atoms with Crippen LogP contribution in [0.25, 0.3) is 11.1 Å². The van der Waals surface area contributed by atoms with E-state index in [1.54, 1.807) is 30.5 Å². The maximum absolute atomic E-state index is 15.5. The second kappa shape index (κ2) is 6.78. The summed E-state index contributed by atoms with van der Waals surface area (Å²) in [7, 11) is 0. The van der Waals surface area contributed by atoms with Gasteiger partial charge in [-0.25, -0.2) is 4.99 Å². The predicted octanol–water partition coefficient (Wildman–Crippen LogP) is 3.91. The predicted molar refractivity (Wildman–Crippen MR) is 107 cm³/mol. The number of fused-ring (bicyclic) bond motifs is 2. The van der Waals surface area contributed by atoms with Crippen molar-refractivity contribution in [1.82, 2.24) is 4.98 Å². The van der Waals surface area contributed by atoms with Crippen LogP contribution in [0.1, 0.15) is 24.8 Å². The molecule has 0 unspecified atom stereocenters. The molecule has 4 heterocycles. The van der Waals surface area contributed by atoms with Crippen molar-refractivity contribution in [2.45, 2.75) is 36.4 Å². The number of nitrogens with zero attached hydrogens (tertiary/aromatic N) is 2. The molecule has 0 aliphatic carbocycles. The van der Waals surface area contributed by atoms with Crippen molar-refractivity contribution in [3.63, 3.8) is 0 Å². The Kier molecular flexibility index (Phi) is 4.41. The number of hydrogen-bond donors (Lipinski definition) is 1. The second-order valence-corrected chi connectivity index (χ2v) is 8.45. The molecule has 1 saturated heterocycles. The van der Waals surface area contributed by atoms with Crippen LogP contribution in [0.3, 0.4) is 0 Å². The first-order valence-electron chi connectivity index (χ1n) is 9.72. The maximum Gasteiger partial charge on any atom is 0.310 e. The Bertz CT molecular complexity index is 1030. The van der Waals surface area contributed by atoms with Crippen molar-refractivity contribution in [3.05, 3.63) is 47.2 Å². The minimum Gasteiger partial charge on any atom is -0.484 e. The van der Waals surface area contributed by atoms with Gasteiger partial charge in [0.15, 0.2) is 0 Å². The Hall–Kier alpha value is -2.45. The zero-order valence-corrected chi connectivity index (χ0v) is 16.8. The molecule has 2 atom stereocenters. The molecular formula is C21H20ClF2N3O3. The van der Waals surface area contributed by atoms with Gasteiger partial charge < -0.3 is 19.9 Å². The first kappa shape index (κ1) is 19.5. The van der Waals surface area contributed by atoms with Gasteiger partial charge in [0.2, 0.25) is 5.60 Å². The fourth-order valence-corrected chi connectivity index (χ4v) is 4.73. The Balaban J connectivity index is 1.70. The molecule has 2 spiro atoms. The number of ether oxygens (including phenoxy) is 3. The fraction of sp³-hybridized carbons (Fsp3) is 0.429. The molecule has 2 aromatic rings. The molecular weight excluding hydrogens is 416 g/mol. The number of rotatable bonds is 1. The summed E-state index contributed by atoms with van der Waals surface area (Å²) in [5, 5.41) is 0.449. The number of aromatic nitrogens is 1. The summed E-state index contributed by atoms with van der Waals surface area (Å²) in [6, 6.07) is 6.59. The molecule has 1 aromatic heterocycles. The monoisotopic (exact) mass is 435 g/mol. The van der Waals surface area contributed by atoms with Crippen LogP contribution in [0.4, 0.5) is 8.78 Å². The van der Waals surface area contributed by atoms with E-state index in [9.17, 15) is 0 Å². The van der Waals surface area contributed by atoms with Crippen LogP contribution < -0.4 is 10.5 Å². The molecule has 1 fully saturated rings. The molecule has 0 bridgehead atoms. The van der Waals surface area contributed by atoms with Gasteiger partial charge in [-0.15, -0.1) is 0 Å². The summed E-state index contributed by atoms with van der Waals surface area (Å²) in [6.07, 6.45) is 4.34. The van der Waals surface area contributed by atoms with Crippen LogP contribution in [0.2, 0.25) is 5.02 Å². The lowest BCUT2D eigenvalue weighted by molar-refractivity contribution is -0.227. The highest BCUT2D eigenvalue weighted by molar-refractivity contribution is 6.30. The van der Waals surface area contributed by atoms with E-state index in [0.29, 0.717) is 41.3 Å². The topological polar surface area (TPSA) is 79.0 Å². The van der Waals surface area contributed by atoms with E-state index in [-0.39, 0.29) is 24.6 Å². The molecule has 0 saturated carbocycles. The van der Waals surface area contributed by atoms with Gasteiger partial charge in [-0.3, -0.25) is 4.98 Å². The third-order valence-corrected chi connectivity index (χ3v) is 6.15. The highest BCUT2D eigenvalue weighted by atomic mass is 35.5. The van der Waals surface area contributed by atoms with Gasteiger partial charge in [-0.2, -0.15) is 8.78 Å². The number of benzene rings is 1. The molecule has 0 amide bonds. The smallest absolute Gasteiger partial charge is 0.310 e. The largest absolute Gasteiger partial charge is 0.484 e. The van der Waals surface area contributed by atoms with E-state index < -0.39 is 23.7 Å². The van der Waals surface area contributed by atoms with E-state index in [0.717, 1.165) is 0 Å². The average Bonchev–Trinajstić information content (AvgIpc) is 2.72. The number of halogens is 3. The van der Waals surface area contributed by atoms with Crippen LogP contribution >= 0.6 is 11.6 Å². The summed E-state index contributed by atoms with van der Waals surface area (Å²) in [5.74, 6) is -2.95. The van der Waals surface area contributed by atoms with Gasteiger partial charge in [-0.1, -0.05) is 17.7 Å². The maximum atomic E-state index is 15.5. The fourth-order valence-electron chi connectivity index (χ4n) is 4.56. The lowest BCUT2D eigenvalue weighted by Crippen LogP contribution is -2.63. The Morgan fingerprint density at radius 1 is 1.10 bits per heavy atom. The summed E-state index contributed by atoms with van der Waals surface area (Å²) in [4.78, 5) is 7.74. The van der Waals surface area contributed by atoms with E-state index in [4.69, 9.17) is 31.5 Å². The van der Waals surface area contributed by atoms with Crippen LogP contribution in [0, 0.1) is 0 Å². The molecule has 3 aliphatic heterocycles. The third-order valence-electron chi connectivity index (χ3n) is 5.94. The lowest BCUT2D eigenvalue weighted by atomic mass is 9.72. The van der Waals surface area contributed by atoms with Crippen molar-refractivity contribution in [3.8, 4) is 16.9 Å². The highest BCUT2D eigenvalue weighted by Crippen LogP contribution is 2.56. The summed E-state index contributed by atoms with van der Waals surface area (Å²) >= 11 is 6.06. The van der Waals surface area contributed by atoms with Crippen LogP contribution in [0.15, 0.2) is 41.7 Å². The van der Waals surface area contributed by atoms with E-state index >= 15 is 8.78 Å². The third kappa shape index (κ3) is 3.01. The van der Waals surface area contributed by atoms with Gasteiger partial charge in [0.25, 0.3) is 6.02 Å². The molecule has 9 heteroatoms. The minimum absolute atomic E-state index is 0.0898. The van der Waals surface area contributed by atoms with Crippen molar-refractivity contribution < 1.29 is 23.0 Å². The van der Waals surface area contributed by atoms with Gasteiger partial charge in [0.1, 0.15) is 17.9 Å². The van der Waals surface area contributed by atoms with Crippen molar-refractivity contribution in [2.75, 3.05) is 19.8 Å². The number of hydrogen-bond acceptors (Lipinski definition) is 6. The minimum atomic E-state index is -3.29. The van der Waals surface area contributed by atoms with E-state index in [2.05, 4.69) is 9.98 Å². The summed E-state index contributed by atoms with van der Waals surface area (Å²) in [6.45, 7) is 0.0370. The number of alkyl halides is 2. The Morgan fingerprint density at radius 3 is 2.73 bits per heavy atom. The van der Waals surface area contributed by atoms with Crippen molar-refractivity contribution in [1.29, 1.82) is 0 Å². The summed E-state index contributed by atoms with van der Waals surface area (Å²) in [5.41, 5.74) is 4.49. The molecule has 5 rings (SSSR count). The second-order valence-electron chi connectivity index (χ2n) is 8.01. The van der Waals surface area contributed by atoms with Crippen LogP contribution in [-0.2, 0) is 15.1 Å². The number of aliphatic imine (C=N–C) groups is 1. The van der Waals surface area contributed by atoms with Crippen molar-refractivity contribution >= 4 is 17.6 Å². The quantitative estimate of drug-likeness (QED) is 0.734. The van der Waals surface area contributed by atoms with Crippen molar-refractivity contribution in [2.24, 2.45) is 10.7 Å². The number of pyridine rings is 1. The Labute approximate surface area is 177 Å². The average molecular weight is 436 g/mol. The van der Waals surface area contributed by atoms with Crippen LogP contribution in [0.5, 0.6) is 5.75 Å². The number of nitrogens with two attached hydrogens (primary N) is 1. The van der Waals surface area contributed by atoms with E-state index in [1.807, 2.05) is 0 Å².